The minimum absolute atomic E-state index is 0.00866. The van der Waals surface area contributed by atoms with Gasteiger partial charge >= 0.3 is 0 Å². The lowest BCUT2D eigenvalue weighted by Gasteiger charge is -2.31. The summed E-state index contributed by atoms with van der Waals surface area (Å²) >= 11 is 6.65. The number of nitrogens with two attached hydrogens (primary N) is 1. The first kappa shape index (κ1) is 21.7. The Morgan fingerprint density at radius 3 is 2.73 bits per heavy atom. The van der Waals surface area contributed by atoms with Crippen molar-refractivity contribution in [3.63, 3.8) is 0 Å². The van der Waals surface area contributed by atoms with Gasteiger partial charge in [-0.25, -0.2) is 0 Å². The molecule has 1 saturated heterocycles. The lowest BCUT2D eigenvalue weighted by Crippen LogP contribution is -2.43. The molecule has 2 atom stereocenters. The predicted molar refractivity (Wildman–Crippen MR) is 128 cm³/mol. The normalized spacial score (nSPS) is 20.4. The summed E-state index contributed by atoms with van der Waals surface area (Å²) in [5.74, 6) is -0.234. The monoisotopic (exact) mass is 466 g/mol. The van der Waals surface area contributed by atoms with E-state index in [1.807, 2.05) is 27.7 Å². The van der Waals surface area contributed by atoms with E-state index in [9.17, 15) is 9.90 Å². The van der Waals surface area contributed by atoms with Gasteiger partial charge in [-0.1, -0.05) is 31.5 Å². The van der Waals surface area contributed by atoms with Crippen LogP contribution in [0.2, 0.25) is 5.02 Å². The van der Waals surface area contributed by atoms with Crippen molar-refractivity contribution in [3.8, 4) is 0 Å². The molecule has 1 fully saturated rings. The zero-order chi connectivity index (χ0) is 23.3. The summed E-state index contributed by atoms with van der Waals surface area (Å²) in [6.45, 7) is 5.97. The first-order valence-electron chi connectivity index (χ1n) is 11.0. The zero-order valence-corrected chi connectivity index (χ0v) is 19.4. The number of fused-ring (bicyclic) bond motifs is 1. The molecule has 3 N–H and O–H groups in total. The van der Waals surface area contributed by atoms with Gasteiger partial charge in [0.1, 0.15) is 18.9 Å². The molecule has 0 spiro atoms. The predicted octanol–water partition coefficient (Wildman–Crippen LogP) is 3.03. The molecule has 2 aliphatic rings. The maximum atomic E-state index is 12.8. The van der Waals surface area contributed by atoms with Crippen molar-refractivity contribution in [3.05, 3.63) is 65.2 Å². The fourth-order valence-electron chi connectivity index (χ4n) is 4.97. The van der Waals surface area contributed by atoms with Crippen LogP contribution in [0.3, 0.4) is 0 Å². The van der Waals surface area contributed by atoms with Gasteiger partial charge in [-0.3, -0.25) is 4.79 Å². The SMILES string of the molecule is CC1(C)CN(C(O)C2CC(=O)N(c3cccc(N)c3)C2)c2cc(Cl)c(Cn3cnnc3)cc21. The lowest BCUT2D eigenvalue weighted by molar-refractivity contribution is -0.117. The number of hydrogen-bond acceptors (Lipinski definition) is 6. The maximum absolute atomic E-state index is 12.8. The fraction of sp³-hybridized carbons (Fsp3) is 0.375. The van der Waals surface area contributed by atoms with Crippen LogP contribution in [0.15, 0.2) is 49.1 Å². The number of hydrogen-bond donors (Lipinski definition) is 2. The quantitative estimate of drug-likeness (QED) is 0.560. The molecule has 0 saturated carbocycles. The van der Waals surface area contributed by atoms with Gasteiger partial charge in [-0.2, -0.15) is 0 Å². The lowest BCUT2D eigenvalue weighted by atomic mass is 9.86. The highest BCUT2D eigenvalue weighted by molar-refractivity contribution is 6.31. The average Bonchev–Trinajstić information content (AvgIpc) is 3.47. The van der Waals surface area contributed by atoms with Gasteiger partial charge in [0.15, 0.2) is 0 Å². The number of halogens is 1. The zero-order valence-electron chi connectivity index (χ0n) is 18.6. The van der Waals surface area contributed by atoms with Crippen LogP contribution in [0.5, 0.6) is 0 Å². The molecule has 2 aromatic carbocycles. The Morgan fingerprint density at radius 1 is 1.24 bits per heavy atom. The number of amides is 1. The van der Waals surface area contributed by atoms with E-state index in [-0.39, 0.29) is 23.7 Å². The van der Waals surface area contributed by atoms with E-state index in [1.165, 1.54) is 0 Å². The van der Waals surface area contributed by atoms with Crippen molar-refractivity contribution < 1.29 is 9.90 Å². The van der Waals surface area contributed by atoms with Crippen molar-refractivity contribution in [2.75, 3.05) is 28.6 Å². The van der Waals surface area contributed by atoms with Crippen molar-refractivity contribution >= 4 is 34.6 Å². The first-order valence-corrected chi connectivity index (χ1v) is 11.4. The molecule has 2 unspecified atom stereocenters. The van der Waals surface area contributed by atoms with Gasteiger partial charge in [-0.05, 0) is 41.5 Å². The molecule has 2 aliphatic heterocycles. The highest BCUT2D eigenvalue weighted by atomic mass is 35.5. The number of benzene rings is 2. The average molecular weight is 467 g/mol. The molecule has 1 aromatic heterocycles. The molecule has 3 heterocycles. The third-order valence-corrected chi connectivity index (χ3v) is 7.02. The summed E-state index contributed by atoms with van der Waals surface area (Å²) in [6, 6.07) is 11.3. The smallest absolute Gasteiger partial charge is 0.227 e. The van der Waals surface area contributed by atoms with Crippen molar-refractivity contribution in [1.82, 2.24) is 14.8 Å². The molecule has 0 bridgehead atoms. The van der Waals surface area contributed by atoms with E-state index in [2.05, 4.69) is 30.1 Å². The van der Waals surface area contributed by atoms with Crippen LogP contribution in [-0.2, 0) is 16.8 Å². The first-order chi connectivity index (χ1) is 15.7. The minimum Gasteiger partial charge on any atom is -0.399 e. The Morgan fingerprint density at radius 2 is 2.00 bits per heavy atom. The highest BCUT2D eigenvalue weighted by Crippen LogP contribution is 2.45. The largest absolute Gasteiger partial charge is 0.399 e. The molecule has 3 aromatic rings. The van der Waals surface area contributed by atoms with Crippen molar-refractivity contribution in [1.29, 1.82) is 0 Å². The van der Waals surface area contributed by atoms with E-state index in [4.69, 9.17) is 17.3 Å². The molecule has 33 heavy (non-hydrogen) atoms. The van der Waals surface area contributed by atoms with E-state index in [0.717, 1.165) is 22.5 Å². The van der Waals surface area contributed by atoms with E-state index in [0.29, 0.717) is 30.3 Å². The van der Waals surface area contributed by atoms with Crippen molar-refractivity contribution in [2.24, 2.45) is 5.92 Å². The van der Waals surface area contributed by atoms with Gasteiger partial charge in [0, 0.05) is 52.9 Å². The van der Waals surface area contributed by atoms with Crippen molar-refractivity contribution in [2.45, 2.75) is 38.5 Å². The van der Waals surface area contributed by atoms with E-state index in [1.54, 1.807) is 29.7 Å². The third-order valence-electron chi connectivity index (χ3n) is 6.67. The second-order valence-electron chi connectivity index (χ2n) is 9.58. The number of carbonyl (C=O) groups excluding carboxylic acids is 1. The highest BCUT2D eigenvalue weighted by Gasteiger charge is 2.43. The molecular weight excluding hydrogens is 440 g/mol. The molecule has 172 valence electrons. The van der Waals surface area contributed by atoms with Crippen LogP contribution in [0.25, 0.3) is 0 Å². The van der Waals surface area contributed by atoms with Gasteiger partial charge in [0.25, 0.3) is 0 Å². The number of aliphatic hydroxyl groups excluding tert-OH is 1. The number of aromatic nitrogens is 3. The second kappa shape index (κ2) is 8.04. The summed E-state index contributed by atoms with van der Waals surface area (Å²) in [7, 11) is 0. The molecule has 9 heteroatoms. The number of carbonyl (C=O) groups is 1. The molecular formula is C24H27ClN6O2. The van der Waals surface area contributed by atoms with Gasteiger partial charge in [0.05, 0.1) is 6.54 Å². The minimum atomic E-state index is -0.805. The van der Waals surface area contributed by atoms with Crippen LogP contribution in [0.1, 0.15) is 31.4 Å². The van der Waals surface area contributed by atoms with Crippen LogP contribution >= 0.6 is 11.6 Å². The summed E-state index contributed by atoms with van der Waals surface area (Å²) in [6.07, 6.45) is 2.80. The Bertz CT molecular complexity index is 1200. The third kappa shape index (κ3) is 3.94. The molecule has 0 aliphatic carbocycles. The van der Waals surface area contributed by atoms with Gasteiger partial charge < -0.3 is 25.2 Å². The Hall–Kier alpha value is -3.10. The maximum Gasteiger partial charge on any atom is 0.227 e. The summed E-state index contributed by atoms with van der Waals surface area (Å²) in [5, 5.41) is 19.7. The Kier molecular flexibility index (Phi) is 5.29. The Labute approximate surface area is 197 Å². The second-order valence-corrected chi connectivity index (χ2v) is 9.99. The van der Waals surface area contributed by atoms with Crippen LogP contribution in [0.4, 0.5) is 17.1 Å². The van der Waals surface area contributed by atoms with Gasteiger partial charge in [-0.15, -0.1) is 10.2 Å². The number of nitrogens with zero attached hydrogens (tertiary/aromatic N) is 5. The fourth-order valence-corrected chi connectivity index (χ4v) is 5.19. The standard InChI is InChI=1S/C24H27ClN6O2/c1-24(2)12-31(21-9-20(25)15(6-19(21)24)10-29-13-27-28-14-29)23(33)16-7-22(32)30(11-16)18-5-3-4-17(26)8-18/h3-6,8-9,13-14,16,23,33H,7,10-12,26H2,1-2H3. The van der Waals surface area contributed by atoms with Crippen LogP contribution < -0.4 is 15.5 Å². The number of aliphatic hydroxyl groups is 1. The summed E-state index contributed by atoms with van der Waals surface area (Å²) < 4.78 is 1.87. The Balaban J connectivity index is 1.41. The molecule has 0 radical (unpaired) electrons. The number of nitrogen functional groups attached to an aromatic ring is 1. The van der Waals surface area contributed by atoms with E-state index >= 15 is 0 Å². The van der Waals surface area contributed by atoms with E-state index < -0.39 is 6.23 Å². The molecule has 5 rings (SSSR count). The van der Waals surface area contributed by atoms with Crippen LogP contribution in [0, 0.1) is 5.92 Å². The molecule has 8 nitrogen and oxygen atoms in total. The van der Waals surface area contributed by atoms with Crippen LogP contribution in [-0.4, -0.2) is 45.1 Å². The molecule has 1 amide bonds. The summed E-state index contributed by atoms with van der Waals surface area (Å²) in [5.41, 5.74) is 10.1. The topological polar surface area (TPSA) is 101 Å². The summed E-state index contributed by atoms with van der Waals surface area (Å²) in [4.78, 5) is 16.5. The number of rotatable bonds is 5. The van der Waals surface area contributed by atoms with Gasteiger partial charge in [0.2, 0.25) is 5.91 Å². The number of anilines is 3.